The third-order valence-electron chi connectivity index (χ3n) is 16.2. The van der Waals surface area contributed by atoms with Crippen molar-refractivity contribution >= 4 is 50.6 Å². The van der Waals surface area contributed by atoms with Gasteiger partial charge in [0.05, 0.1) is 22.1 Å². The second-order valence-corrected chi connectivity index (χ2v) is 26.0. The maximum Gasteiger partial charge on any atom is 2.00 e. The Kier molecular flexibility index (Phi) is 10.8. The summed E-state index contributed by atoms with van der Waals surface area (Å²) in [6.07, 6.45) is 3.46. The van der Waals surface area contributed by atoms with Gasteiger partial charge in [0.25, 0.3) is 11.4 Å². The molecule has 5 nitrogen and oxygen atoms in total. The summed E-state index contributed by atoms with van der Waals surface area (Å²) in [6.45, 7) is 25.0. The minimum absolute atomic E-state index is 0. The first-order chi connectivity index (χ1) is 42.5. The van der Waals surface area contributed by atoms with Gasteiger partial charge < -0.3 is 9.30 Å². The quantitative estimate of drug-likeness (QED) is 0.112. The molecule has 8 aromatic carbocycles. The van der Waals surface area contributed by atoms with E-state index in [1.54, 1.807) is 29.0 Å². The third-order valence-corrected chi connectivity index (χ3v) is 16.2. The summed E-state index contributed by atoms with van der Waals surface area (Å²) in [4.78, 5) is 4.99. The molecule has 10 aromatic rings. The average Bonchev–Trinajstić information content (AvgIpc) is 1.33. The first-order valence-electron chi connectivity index (χ1n) is 33.2. The van der Waals surface area contributed by atoms with Crippen LogP contribution < -0.4 is 13.9 Å². The number of hydrogen-bond acceptors (Lipinski definition) is 2. The van der Waals surface area contributed by atoms with Crippen LogP contribution in [0.2, 0.25) is 0 Å². The van der Waals surface area contributed by atoms with Gasteiger partial charge in [-0.2, -0.15) is 12.1 Å². The number of pyridine rings is 1. The first-order valence-corrected chi connectivity index (χ1v) is 27.7. The van der Waals surface area contributed by atoms with Crippen LogP contribution in [0, 0.1) is 19.0 Å². The van der Waals surface area contributed by atoms with E-state index in [0.717, 1.165) is 63.2 Å². The van der Waals surface area contributed by atoms with Crippen molar-refractivity contribution in [2.45, 2.75) is 137 Å². The predicted molar refractivity (Wildman–Crippen MR) is 336 cm³/mol. The van der Waals surface area contributed by atoms with Crippen LogP contribution in [-0.2, 0) is 48.1 Å². The van der Waals surface area contributed by atoms with Crippen molar-refractivity contribution < 1.29 is 40.9 Å². The van der Waals surface area contributed by atoms with E-state index < -0.39 is 24.4 Å². The Morgan fingerprint density at radius 3 is 1.90 bits per heavy atom. The Balaban J connectivity index is 0.00000867. The van der Waals surface area contributed by atoms with Crippen molar-refractivity contribution in [3.8, 4) is 50.7 Å². The molecule has 0 saturated carbocycles. The maximum atomic E-state index is 9.66. The molecule has 0 N–H and O–H groups in total. The molecule has 81 heavy (non-hydrogen) atoms. The van der Waals surface area contributed by atoms with Crippen molar-refractivity contribution in [1.29, 1.82) is 0 Å². The van der Waals surface area contributed by atoms with Crippen molar-refractivity contribution in [2.24, 2.45) is 0 Å². The molecular formula is C75H74N4OPt+2. The summed E-state index contributed by atoms with van der Waals surface area (Å²) >= 11 is 0. The number of fused-ring (bicyclic) bond motifs is 5. The molecule has 0 saturated heterocycles. The van der Waals surface area contributed by atoms with Gasteiger partial charge >= 0.3 is 27.1 Å². The maximum absolute atomic E-state index is 9.66. The van der Waals surface area contributed by atoms with E-state index in [9.17, 15) is 8.22 Å². The second-order valence-electron chi connectivity index (χ2n) is 26.0. The van der Waals surface area contributed by atoms with Gasteiger partial charge in [0, 0.05) is 45.0 Å². The zero-order valence-electron chi connectivity index (χ0n) is 59.5. The van der Waals surface area contributed by atoms with Crippen molar-refractivity contribution in [1.82, 2.24) is 18.7 Å². The van der Waals surface area contributed by atoms with Crippen LogP contribution >= 0.6 is 0 Å². The fourth-order valence-electron chi connectivity index (χ4n) is 11.5. The van der Waals surface area contributed by atoms with Crippen molar-refractivity contribution in [3.05, 3.63) is 215 Å². The number of aryl methyl sites for hydroxylation is 1. The van der Waals surface area contributed by atoms with Gasteiger partial charge in [-0.05, 0) is 131 Å². The Morgan fingerprint density at radius 1 is 0.593 bits per heavy atom. The molecule has 12 rings (SSSR count). The molecule has 1 aliphatic carbocycles. The summed E-state index contributed by atoms with van der Waals surface area (Å²) in [6, 6.07) is 45.3. The monoisotopic (exact) mass is 1250 g/mol. The molecule has 408 valence electrons. The van der Waals surface area contributed by atoms with Gasteiger partial charge in [-0.3, -0.25) is 0 Å². The van der Waals surface area contributed by atoms with E-state index in [-0.39, 0.29) is 124 Å². The van der Waals surface area contributed by atoms with Crippen LogP contribution in [0.1, 0.15) is 151 Å². The molecule has 6 heteroatoms. The van der Waals surface area contributed by atoms with Crippen molar-refractivity contribution in [3.63, 3.8) is 0 Å². The van der Waals surface area contributed by atoms with Crippen LogP contribution in [-0.4, -0.2) is 15.6 Å². The predicted octanol–water partition coefficient (Wildman–Crippen LogP) is 20.0. The van der Waals surface area contributed by atoms with E-state index in [4.69, 9.17) is 16.6 Å². The van der Waals surface area contributed by atoms with E-state index in [1.165, 1.54) is 6.07 Å². The average molecular weight is 1250 g/mol. The third kappa shape index (κ3) is 10.1. The van der Waals surface area contributed by atoms with Gasteiger partial charge in [0.15, 0.2) is 0 Å². The molecular weight excluding hydrogens is 1170 g/mol. The number of ether oxygens (including phenoxy) is 1. The van der Waals surface area contributed by atoms with E-state index in [1.807, 2.05) is 96.7 Å². The fraction of sp³-hybridized carbons (Fsp3) is 0.280. The van der Waals surface area contributed by atoms with Crippen LogP contribution in [0.25, 0.3) is 61.0 Å². The number of benzene rings is 8. The molecule has 1 aliphatic heterocycles. The topological polar surface area (TPSA) is 33.1 Å². The summed E-state index contributed by atoms with van der Waals surface area (Å²) < 4.78 is 113. The summed E-state index contributed by atoms with van der Waals surface area (Å²) in [7, 11) is 0. The van der Waals surface area contributed by atoms with E-state index >= 15 is 0 Å². The van der Waals surface area contributed by atoms with Gasteiger partial charge in [-0.1, -0.05) is 209 Å². The van der Waals surface area contributed by atoms with Crippen LogP contribution in [0.3, 0.4) is 0 Å². The van der Waals surface area contributed by atoms with Gasteiger partial charge in [0.1, 0.15) is 11.5 Å². The Labute approximate surface area is 510 Å². The number of aromatic nitrogens is 2. The summed E-state index contributed by atoms with van der Waals surface area (Å²) in [5.74, 6) is 0.601. The Hall–Kier alpha value is -7.42. The van der Waals surface area contributed by atoms with Gasteiger partial charge in [0.2, 0.25) is 5.69 Å². The SMILES string of the molecule is [2H]c1c([2H])c(C(C)(C)C)c([2H])c([2H])c1-c1cccc(-c2cc(C(C)(C)C)cc(C(C)(C)C)c2)c1[N+]1=C=[N+](c2[c-]c(Oc3[c-]c4c(cc3)c3c([2H])c([2H])c([2H])c([2H])c3n4-c3cc(C([2H])([2H])[2H])c(-c4cccc5c4C(C)(C)CCC5(C)C)cn3)ccc2)c2ccccc21.[Pt+2]. The largest absolute Gasteiger partial charge is 2.00 e. The Bertz CT molecular complexity index is 4760. The molecule has 0 radical (unpaired) electrons. The summed E-state index contributed by atoms with van der Waals surface area (Å²) in [5.41, 5.74) is 9.87. The molecule has 0 atom stereocenters. The summed E-state index contributed by atoms with van der Waals surface area (Å²) in [5, 5.41) is 0.634. The molecule has 0 bridgehead atoms. The number of nitrogens with zero attached hydrogens (tertiary/aromatic N) is 4. The zero-order chi connectivity index (χ0) is 65.7. The normalized spacial score (nSPS) is 16.8. The van der Waals surface area contributed by atoms with Crippen molar-refractivity contribution in [2.75, 3.05) is 0 Å². The molecule has 2 aromatic heterocycles. The smallest absolute Gasteiger partial charge is 0.509 e. The van der Waals surface area contributed by atoms with Gasteiger partial charge in [-0.15, -0.1) is 23.6 Å². The first kappa shape index (κ1) is 43.3. The minimum Gasteiger partial charge on any atom is -0.509 e. The van der Waals surface area contributed by atoms with Gasteiger partial charge in [-0.25, -0.2) is 4.98 Å². The fourth-order valence-corrected chi connectivity index (χ4v) is 11.5. The minimum atomic E-state index is -2.63. The second kappa shape index (κ2) is 20.2. The van der Waals surface area contributed by atoms with Crippen LogP contribution in [0.15, 0.2) is 170 Å². The number of hydrogen-bond donors (Lipinski definition) is 0. The molecule has 2 aliphatic rings. The molecule has 0 fully saturated rings. The molecule has 3 heterocycles. The number of rotatable bonds is 8. The zero-order valence-corrected chi connectivity index (χ0v) is 50.7. The standard InChI is InChI=1S/C75H74N4O.Pt/c1-48-40-68(76-46-62(48)61-27-21-28-63-69(61)75(13,14)39-38-74(63,11)12)79-64-29-16-15-24-59(64)60-37-36-56(45-67(60)79)80-55-23-19-22-54(44-55)77-47-78(66-31-18-17-30-65(66)77)70-57(49-32-34-51(35-33-49)71(2,3)4)25-20-26-58(70)50-41-52(72(5,6)7)43-53(42-50)73(8,9)10;/h15-37,40-43,46H,38-39H2,1-14H3;/q;+2/i1D3,15D,16D,24D,29D,32D,33D,34D,35D;. The molecule has 0 unspecified atom stereocenters. The van der Waals surface area contributed by atoms with E-state index in [0.29, 0.717) is 33.5 Å². The Morgan fingerprint density at radius 2 is 1.21 bits per heavy atom. The molecule has 0 spiro atoms. The van der Waals surface area contributed by atoms with E-state index in [2.05, 4.69) is 112 Å². The van der Waals surface area contributed by atoms with Crippen LogP contribution in [0.5, 0.6) is 11.5 Å². The van der Waals surface area contributed by atoms with Crippen LogP contribution in [0.4, 0.5) is 22.7 Å². The molecule has 0 amide bonds. The number of para-hydroxylation sites is 4.